The topological polar surface area (TPSA) is 56.5 Å². The molecule has 2 saturated heterocycles. The Kier molecular flexibility index (Phi) is 8.65. The van der Waals surface area contributed by atoms with Crippen molar-refractivity contribution in [1.82, 2.24) is 20.0 Å². The summed E-state index contributed by atoms with van der Waals surface area (Å²) >= 11 is 0. The highest BCUT2D eigenvalue weighted by atomic mass is 127. The lowest BCUT2D eigenvalue weighted by Gasteiger charge is -2.32. The Morgan fingerprint density at radius 2 is 2.12 bits per heavy atom. The summed E-state index contributed by atoms with van der Waals surface area (Å²) < 4.78 is 11.1. The van der Waals surface area contributed by atoms with E-state index in [-0.39, 0.29) is 30.0 Å². The van der Waals surface area contributed by atoms with Gasteiger partial charge in [0, 0.05) is 45.8 Å². The quantitative estimate of drug-likeness (QED) is 0.394. The molecule has 0 amide bonds. The van der Waals surface area contributed by atoms with Crippen LogP contribution in [-0.4, -0.2) is 93.8 Å². The average molecular weight is 477 g/mol. The number of hydrogen-bond donors (Lipinski definition) is 1. The number of furan rings is 1. The molecule has 1 N–H and O–H groups in total. The van der Waals surface area contributed by atoms with Gasteiger partial charge in [-0.3, -0.25) is 14.8 Å². The molecule has 7 nitrogen and oxygen atoms in total. The standard InChI is InChI=1S/C18H31N5O2.HI/c1-19-18(20-13-16(21(2)3)17-5-4-10-25-17)23-7-6-15(14-23)22-8-11-24-12-9-22;/h4-5,10,15-16H,6-9,11-14H2,1-3H3,(H,19,20);1H. The minimum atomic E-state index is 0. The molecule has 0 aliphatic carbocycles. The molecule has 2 unspecified atom stereocenters. The van der Waals surface area contributed by atoms with Crippen molar-refractivity contribution in [2.24, 2.45) is 4.99 Å². The van der Waals surface area contributed by atoms with Gasteiger partial charge in [0.2, 0.25) is 0 Å². The van der Waals surface area contributed by atoms with Crippen molar-refractivity contribution in [1.29, 1.82) is 0 Å². The average Bonchev–Trinajstić information content (AvgIpc) is 3.31. The smallest absolute Gasteiger partial charge is 0.193 e. The highest BCUT2D eigenvalue weighted by Gasteiger charge is 2.30. The van der Waals surface area contributed by atoms with Gasteiger partial charge in [0.15, 0.2) is 5.96 Å². The number of hydrogen-bond acceptors (Lipinski definition) is 5. The van der Waals surface area contributed by atoms with Crippen LogP contribution in [0.15, 0.2) is 27.8 Å². The predicted molar refractivity (Wildman–Crippen MR) is 114 cm³/mol. The van der Waals surface area contributed by atoms with Crippen LogP contribution in [0.4, 0.5) is 0 Å². The normalized spacial score (nSPS) is 23.2. The fraction of sp³-hybridized carbons (Fsp3) is 0.722. The number of aliphatic imine (C=N–C) groups is 1. The van der Waals surface area contributed by atoms with E-state index in [1.54, 1.807) is 6.26 Å². The zero-order valence-corrected chi connectivity index (χ0v) is 18.4. The van der Waals surface area contributed by atoms with E-state index < -0.39 is 0 Å². The minimum Gasteiger partial charge on any atom is -0.468 e. The van der Waals surface area contributed by atoms with Gasteiger partial charge in [0.1, 0.15) is 5.76 Å². The molecule has 26 heavy (non-hydrogen) atoms. The molecule has 148 valence electrons. The van der Waals surface area contributed by atoms with E-state index in [0.717, 1.165) is 57.7 Å². The lowest BCUT2D eigenvalue weighted by molar-refractivity contribution is 0.0195. The summed E-state index contributed by atoms with van der Waals surface area (Å²) in [4.78, 5) is 11.6. The second-order valence-corrected chi connectivity index (χ2v) is 6.96. The molecular formula is C18H32IN5O2. The monoisotopic (exact) mass is 477 g/mol. The fourth-order valence-electron chi connectivity index (χ4n) is 3.71. The highest BCUT2D eigenvalue weighted by molar-refractivity contribution is 14.0. The van der Waals surface area contributed by atoms with Crippen LogP contribution in [0, 0.1) is 0 Å². The van der Waals surface area contributed by atoms with Crippen molar-refractivity contribution >= 4 is 29.9 Å². The lowest BCUT2D eigenvalue weighted by atomic mass is 10.2. The van der Waals surface area contributed by atoms with Crippen molar-refractivity contribution in [3.05, 3.63) is 24.2 Å². The molecule has 2 aliphatic heterocycles. The number of halogens is 1. The van der Waals surface area contributed by atoms with Crippen LogP contribution in [-0.2, 0) is 4.74 Å². The van der Waals surface area contributed by atoms with Crippen LogP contribution in [0.1, 0.15) is 18.2 Å². The first-order chi connectivity index (χ1) is 12.2. The van der Waals surface area contributed by atoms with Crippen LogP contribution < -0.4 is 5.32 Å². The van der Waals surface area contributed by atoms with Crippen LogP contribution in [0.2, 0.25) is 0 Å². The van der Waals surface area contributed by atoms with Crippen molar-refractivity contribution in [3.63, 3.8) is 0 Å². The highest BCUT2D eigenvalue weighted by Crippen LogP contribution is 2.19. The molecule has 0 radical (unpaired) electrons. The van der Waals surface area contributed by atoms with E-state index in [1.807, 2.05) is 19.2 Å². The molecule has 1 aromatic heterocycles. The maximum atomic E-state index is 5.59. The molecular weight excluding hydrogens is 445 g/mol. The van der Waals surface area contributed by atoms with Crippen LogP contribution in [0.25, 0.3) is 0 Å². The number of likely N-dealkylation sites (tertiary alicyclic amines) is 1. The third-order valence-electron chi connectivity index (χ3n) is 5.19. The molecule has 3 heterocycles. The fourth-order valence-corrected chi connectivity index (χ4v) is 3.71. The Balaban J connectivity index is 0.00000243. The lowest BCUT2D eigenvalue weighted by Crippen LogP contribution is -2.47. The van der Waals surface area contributed by atoms with E-state index in [0.29, 0.717) is 6.04 Å². The maximum absolute atomic E-state index is 5.59. The summed E-state index contributed by atoms with van der Waals surface area (Å²) in [5, 5.41) is 3.54. The number of rotatable bonds is 5. The van der Waals surface area contributed by atoms with Gasteiger partial charge in [-0.25, -0.2) is 0 Å². The van der Waals surface area contributed by atoms with E-state index in [1.165, 1.54) is 6.42 Å². The zero-order valence-electron chi connectivity index (χ0n) is 16.1. The van der Waals surface area contributed by atoms with Crippen molar-refractivity contribution in [2.75, 3.05) is 67.1 Å². The number of nitrogens with one attached hydrogen (secondary N) is 1. The van der Waals surface area contributed by atoms with E-state index in [9.17, 15) is 0 Å². The zero-order chi connectivity index (χ0) is 17.6. The number of nitrogens with zero attached hydrogens (tertiary/aromatic N) is 4. The number of morpholine rings is 1. The first-order valence-electron chi connectivity index (χ1n) is 9.16. The molecule has 8 heteroatoms. The van der Waals surface area contributed by atoms with Gasteiger partial charge >= 0.3 is 0 Å². The van der Waals surface area contributed by atoms with Crippen molar-refractivity contribution in [2.45, 2.75) is 18.5 Å². The van der Waals surface area contributed by atoms with Gasteiger partial charge in [-0.15, -0.1) is 24.0 Å². The van der Waals surface area contributed by atoms with E-state index in [2.05, 4.69) is 39.1 Å². The summed E-state index contributed by atoms with van der Waals surface area (Å²) in [6.07, 6.45) is 2.92. The Morgan fingerprint density at radius 3 is 2.73 bits per heavy atom. The van der Waals surface area contributed by atoms with Gasteiger partial charge in [-0.1, -0.05) is 0 Å². The maximum Gasteiger partial charge on any atom is 0.193 e. The van der Waals surface area contributed by atoms with Crippen molar-refractivity contribution < 1.29 is 9.15 Å². The van der Waals surface area contributed by atoms with Gasteiger partial charge in [0.25, 0.3) is 0 Å². The summed E-state index contributed by atoms with van der Waals surface area (Å²) in [6, 6.07) is 4.76. The van der Waals surface area contributed by atoms with Crippen LogP contribution in [0.5, 0.6) is 0 Å². The largest absolute Gasteiger partial charge is 0.468 e. The van der Waals surface area contributed by atoms with E-state index in [4.69, 9.17) is 9.15 Å². The van der Waals surface area contributed by atoms with Crippen LogP contribution in [0.3, 0.4) is 0 Å². The number of ether oxygens (including phenoxy) is 1. The summed E-state index contributed by atoms with van der Waals surface area (Å²) in [7, 11) is 6.01. The second kappa shape index (κ2) is 10.5. The molecule has 0 saturated carbocycles. The second-order valence-electron chi connectivity index (χ2n) is 6.96. The van der Waals surface area contributed by atoms with Gasteiger partial charge in [-0.2, -0.15) is 0 Å². The summed E-state index contributed by atoms with van der Waals surface area (Å²) in [5.41, 5.74) is 0. The Bertz CT molecular complexity index is 546. The third-order valence-corrected chi connectivity index (χ3v) is 5.19. The van der Waals surface area contributed by atoms with Crippen molar-refractivity contribution in [3.8, 4) is 0 Å². The molecule has 0 bridgehead atoms. The third kappa shape index (κ3) is 5.34. The number of guanidine groups is 1. The Morgan fingerprint density at radius 1 is 1.35 bits per heavy atom. The van der Waals surface area contributed by atoms with E-state index >= 15 is 0 Å². The SMILES string of the molecule is CN=C(NCC(c1ccco1)N(C)C)N1CCC(N2CCOCC2)C1.I. The summed E-state index contributed by atoms with van der Waals surface area (Å²) in [5.74, 6) is 1.95. The summed E-state index contributed by atoms with van der Waals surface area (Å²) in [6.45, 7) is 6.67. The number of likely N-dealkylation sites (N-methyl/N-ethyl adjacent to an activating group) is 1. The molecule has 1 aromatic rings. The predicted octanol–water partition coefficient (Wildman–Crippen LogP) is 1.48. The van der Waals surface area contributed by atoms with Gasteiger partial charge < -0.3 is 19.4 Å². The molecule has 2 fully saturated rings. The molecule has 3 rings (SSSR count). The van der Waals surface area contributed by atoms with Crippen LogP contribution >= 0.6 is 24.0 Å². The minimum absolute atomic E-state index is 0. The van der Waals surface area contributed by atoms with Gasteiger partial charge in [0.05, 0.1) is 25.5 Å². The molecule has 0 spiro atoms. The molecule has 2 atom stereocenters. The van der Waals surface area contributed by atoms with Gasteiger partial charge in [-0.05, 0) is 32.6 Å². The Labute approximate surface area is 173 Å². The first kappa shape index (κ1) is 21.5. The molecule has 0 aromatic carbocycles. The Hall–Kier alpha value is -0.840. The first-order valence-corrected chi connectivity index (χ1v) is 9.16. The molecule has 2 aliphatic rings.